The van der Waals surface area contributed by atoms with E-state index in [0.717, 1.165) is 37.9 Å². The van der Waals surface area contributed by atoms with Crippen LogP contribution in [0.2, 0.25) is 0 Å². The molecule has 0 radical (unpaired) electrons. The maximum Gasteiger partial charge on any atom is 0.183 e. The zero-order chi connectivity index (χ0) is 16.4. The summed E-state index contributed by atoms with van der Waals surface area (Å²) in [6.45, 7) is 4.14. The fraction of sp³-hybridized carbons (Fsp3) is 0.235. The van der Waals surface area contributed by atoms with Gasteiger partial charge in [-0.05, 0) is 48.7 Å². The van der Waals surface area contributed by atoms with Gasteiger partial charge in [0.1, 0.15) is 0 Å². The van der Waals surface area contributed by atoms with Crippen LogP contribution in [0.5, 0.6) is 0 Å². The molecule has 0 amide bonds. The number of benzene rings is 2. The van der Waals surface area contributed by atoms with Gasteiger partial charge in [-0.1, -0.05) is 30.4 Å². The lowest BCUT2D eigenvalue weighted by Gasteiger charge is -2.11. The number of fused-ring (bicyclic) bond motifs is 1. The zero-order valence-electron chi connectivity index (χ0n) is 13.3. The first-order chi connectivity index (χ1) is 11.1. The Bertz CT molecular complexity index is 873. The van der Waals surface area contributed by atoms with Crippen molar-refractivity contribution in [1.82, 2.24) is 4.98 Å². The average molecular weight is 345 g/mol. The van der Waals surface area contributed by atoms with Crippen molar-refractivity contribution in [3.8, 4) is 0 Å². The van der Waals surface area contributed by atoms with Gasteiger partial charge in [-0.2, -0.15) is 0 Å². The molecule has 3 rings (SSSR count). The van der Waals surface area contributed by atoms with Crippen molar-refractivity contribution in [3.63, 3.8) is 0 Å². The molecule has 0 aliphatic heterocycles. The molecule has 2 aromatic carbocycles. The zero-order valence-corrected chi connectivity index (χ0v) is 15.0. The molecule has 0 aliphatic carbocycles. The van der Waals surface area contributed by atoms with E-state index in [1.54, 1.807) is 11.3 Å². The minimum absolute atomic E-state index is 0.837. The SMILES string of the molecule is CCc1cccc(S(=O)Nc2ccc3nc(NC)sc3c2)c1C. The Morgan fingerprint density at radius 3 is 2.83 bits per heavy atom. The number of rotatable bonds is 5. The molecule has 0 bridgehead atoms. The van der Waals surface area contributed by atoms with E-state index < -0.39 is 11.0 Å². The van der Waals surface area contributed by atoms with Crippen LogP contribution in [0.4, 0.5) is 10.8 Å². The smallest absolute Gasteiger partial charge is 0.183 e. The Balaban J connectivity index is 1.88. The number of nitrogens with zero attached hydrogens (tertiary/aromatic N) is 1. The molecule has 0 spiro atoms. The monoisotopic (exact) mass is 345 g/mol. The topological polar surface area (TPSA) is 54.0 Å². The summed E-state index contributed by atoms with van der Waals surface area (Å²) in [6.07, 6.45) is 0.941. The predicted molar refractivity (Wildman–Crippen MR) is 99.8 cm³/mol. The molecule has 0 aliphatic rings. The summed E-state index contributed by atoms with van der Waals surface area (Å²) >= 11 is 1.58. The number of aryl methyl sites for hydroxylation is 1. The molecule has 23 heavy (non-hydrogen) atoms. The third kappa shape index (κ3) is 3.23. The number of anilines is 2. The summed E-state index contributed by atoms with van der Waals surface area (Å²) in [6, 6.07) is 11.8. The van der Waals surface area contributed by atoms with E-state index in [4.69, 9.17) is 0 Å². The van der Waals surface area contributed by atoms with Gasteiger partial charge < -0.3 is 10.0 Å². The van der Waals surface area contributed by atoms with Crippen LogP contribution in [0.1, 0.15) is 18.1 Å². The minimum Gasteiger partial charge on any atom is -0.365 e. The average Bonchev–Trinajstić information content (AvgIpc) is 2.97. The Morgan fingerprint density at radius 1 is 1.26 bits per heavy atom. The van der Waals surface area contributed by atoms with Gasteiger partial charge in [0.2, 0.25) is 0 Å². The Labute approximate surface area is 142 Å². The predicted octanol–water partition coefficient (Wildman–Crippen LogP) is 4.34. The Kier molecular flexibility index (Phi) is 4.63. The fourth-order valence-electron chi connectivity index (χ4n) is 2.50. The van der Waals surface area contributed by atoms with Crippen molar-refractivity contribution in [2.45, 2.75) is 25.2 Å². The molecule has 0 saturated heterocycles. The van der Waals surface area contributed by atoms with Crippen LogP contribution in [-0.4, -0.2) is 16.2 Å². The maximum absolute atomic E-state index is 12.7. The van der Waals surface area contributed by atoms with Crippen molar-refractivity contribution in [1.29, 1.82) is 0 Å². The molecule has 1 unspecified atom stereocenters. The van der Waals surface area contributed by atoms with Crippen molar-refractivity contribution in [3.05, 3.63) is 47.5 Å². The fourth-order valence-corrected chi connectivity index (χ4v) is 4.42. The second-order valence-electron chi connectivity index (χ2n) is 5.22. The van der Waals surface area contributed by atoms with Crippen LogP contribution in [0.25, 0.3) is 10.2 Å². The van der Waals surface area contributed by atoms with Crippen molar-refractivity contribution < 1.29 is 4.21 Å². The molecule has 3 aromatic rings. The lowest BCUT2D eigenvalue weighted by atomic mass is 10.1. The summed E-state index contributed by atoms with van der Waals surface area (Å²) in [5, 5.41) is 3.93. The van der Waals surface area contributed by atoms with Crippen LogP contribution >= 0.6 is 11.3 Å². The summed E-state index contributed by atoms with van der Waals surface area (Å²) < 4.78 is 16.8. The van der Waals surface area contributed by atoms with Gasteiger partial charge in [-0.25, -0.2) is 9.19 Å². The highest BCUT2D eigenvalue weighted by molar-refractivity contribution is 7.86. The van der Waals surface area contributed by atoms with Gasteiger partial charge in [-0.3, -0.25) is 0 Å². The van der Waals surface area contributed by atoms with Crippen molar-refractivity contribution in [2.75, 3.05) is 17.1 Å². The summed E-state index contributed by atoms with van der Waals surface area (Å²) in [7, 11) is 0.579. The van der Waals surface area contributed by atoms with Gasteiger partial charge >= 0.3 is 0 Å². The normalized spacial score (nSPS) is 12.3. The van der Waals surface area contributed by atoms with Gasteiger partial charge in [0, 0.05) is 12.7 Å². The van der Waals surface area contributed by atoms with Crippen molar-refractivity contribution in [2.24, 2.45) is 0 Å². The first-order valence-corrected chi connectivity index (χ1v) is 9.44. The second kappa shape index (κ2) is 6.68. The summed E-state index contributed by atoms with van der Waals surface area (Å²) in [5.41, 5.74) is 4.11. The van der Waals surface area contributed by atoms with Gasteiger partial charge in [-0.15, -0.1) is 0 Å². The Hall–Kier alpha value is -1.92. The standard InChI is InChI=1S/C17H19N3OS2/c1-4-12-6-5-7-16(11(12)2)23(21)20-13-8-9-14-15(10-13)22-17(18-3)19-14/h5-10,20H,4H2,1-3H3,(H,18,19). The van der Waals surface area contributed by atoms with E-state index in [1.807, 2.05) is 44.3 Å². The quantitative estimate of drug-likeness (QED) is 0.723. The molecule has 1 heterocycles. The molecule has 0 fully saturated rings. The molecule has 4 nitrogen and oxygen atoms in total. The third-order valence-corrected chi connectivity index (χ3v) is 6.09. The molecule has 120 valence electrons. The van der Waals surface area contributed by atoms with E-state index in [2.05, 4.69) is 28.0 Å². The molecule has 0 saturated carbocycles. The van der Waals surface area contributed by atoms with Crippen molar-refractivity contribution >= 4 is 43.4 Å². The molecule has 1 atom stereocenters. The van der Waals surface area contributed by atoms with E-state index in [9.17, 15) is 4.21 Å². The van der Waals surface area contributed by atoms with Crippen LogP contribution < -0.4 is 10.0 Å². The highest BCUT2D eigenvalue weighted by Crippen LogP contribution is 2.29. The highest BCUT2D eigenvalue weighted by Gasteiger charge is 2.11. The lowest BCUT2D eigenvalue weighted by molar-refractivity contribution is 0.685. The van der Waals surface area contributed by atoms with E-state index in [-0.39, 0.29) is 0 Å². The number of nitrogens with one attached hydrogen (secondary N) is 2. The Morgan fingerprint density at radius 2 is 2.09 bits per heavy atom. The number of thiazole rings is 1. The van der Waals surface area contributed by atoms with E-state index in [0.29, 0.717) is 0 Å². The molecular weight excluding hydrogens is 326 g/mol. The van der Waals surface area contributed by atoms with Gasteiger partial charge in [0.15, 0.2) is 16.1 Å². The highest BCUT2D eigenvalue weighted by atomic mass is 32.2. The van der Waals surface area contributed by atoms with Crippen LogP contribution in [0.15, 0.2) is 41.3 Å². The van der Waals surface area contributed by atoms with Gasteiger partial charge in [0.05, 0.1) is 15.1 Å². The van der Waals surface area contributed by atoms with Crippen LogP contribution in [0, 0.1) is 6.92 Å². The van der Waals surface area contributed by atoms with E-state index in [1.165, 1.54) is 5.56 Å². The first-order valence-electron chi connectivity index (χ1n) is 7.47. The first kappa shape index (κ1) is 16.0. The summed E-state index contributed by atoms with van der Waals surface area (Å²) in [5.74, 6) is 0. The van der Waals surface area contributed by atoms with Crippen LogP contribution in [0.3, 0.4) is 0 Å². The van der Waals surface area contributed by atoms with E-state index >= 15 is 0 Å². The molecule has 1 aromatic heterocycles. The van der Waals surface area contributed by atoms with Gasteiger partial charge in [0.25, 0.3) is 0 Å². The molecule has 2 N–H and O–H groups in total. The largest absolute Gasteiger partial charge is 0.365 e. The number of hydrogen-bond donors (Lipinski definition) is 2. The lowest BCUT2D eigenvalue weighted by Crippen LogP contribution is -2.07. The number of hydrogen-bond acceptors (Lipinski definition) is 4. The number of aromatic nitrogens is 1. The molecular formula is C17H19N3OS2. The van der Waals surface area contributed by atoms with Crippen LogP contribution in [-0.2, 0) is 17.4 Å². The second-order valence-corrected chi connectivity index (χ2v) is 7.43. The summed E-state index contributed by atoms with van der Waals surface area (Å²) in [4.78, 5) is 5.29. The molecule has 6 heteroatoms. The third-order valence-electron chi connectivity index (χ3n) is 3.79. The minimum atomic E-state index is -1.28. The maximum atomic E-state index is 12.7.